The highest BCUT2D eigenvalue weighted by atomic mass is 19.4. The van der Waals surface area contributed by atoms with Crippen LogP contribution < -0.4 is 5.32 Å². The highest BCUT2D eigenvalue weighted by molar-refractivity contribution is 6.03. The average Bonchev–Trinajstić information content (AvgIpc) is 3.13. The fraction of sp³-hybridized carbons (Fsp3) is 0.381. The maximum absolute atomic E-state index is 13.3. The Morgan fingerprint density at radius 1 is 1.10 bits per heavy atom. The minimum Gasteiger partial charge on any atom is -0.321 e. The van der Waals surface area contributed by atoms with Crippen LogP contribution in [0.3, 0.4) is 0 Å². The van der Waals surface area contributed by atoms with E-state index in [-0.39, 0.29) is 17.0 Å². The second-order valence-corrected chi connectivity index (χ2v) is 7.57. The number of halogens is 3. The molecule has 3 aromatic rings. The first-order valence-corrected chi connectivity index (χ1v) is 9.87. The van der Waals surface area contributed by atoms with Crippen molar-refractivity contribution >= 4 is 17.2 Å². The fourth-order valence-electron chi connectivity index (χ4n) is 3.68. The molecule has 0 bridgehead atoms. The molecule has 1 amide bonds. The summed E-state index contributed by atoms with van der Waals surface area (Å²) in [6.45, 7) is 4.53. The van der Waals surface area contributed by atoms with Crippen LogP contribution in [0.2, 0.25) is 0 Å². The van der Waals surface area contributed by atoms with E-state index in [9.17, 15) is 18.0 Å². The molecule has 9 heteroatoms. The molecule has 0 aliphatic carbocycles. The lowest BCUT2D eigenvalue weighted by Gasteiger charge is -2.26. The number of nitrogens with one attached hydrogen (secondary N) is 1. The molecular weight excluding hydrogens is 395 g/mol. The van der Waals surface area contributed by atoms with Crippen LogP contribution in [0.15, 0.2) is 36.4 Å². The van der Waals surface area contributed by atoms with Gasteiger partial charge in [0.25, 0.3) is 5.91 Å². The molecule has 0 spiro atoms. The summed E-state index contributed by atoms with van der Waals surface area (Å²) in [5.74, 6) is -0.588. The minimum atomic E-state index is -4.60. The zero-order valence-electron chi connectivity index (χ0n) is 16.5. The molecule has 4 rings (SSSR count). The summed E-state index contributed by atoms with van der Waals surface area (Å²) in [5.41, 5.74) is 0.786. The summed E-state index contributed by atoms with van der Waals surface area (Å²) in [5, 5.41) is 6.51. The van der Waals surface area contributed by atoms with Crippen molar-refractivity contribution in [1.82, 2.24) is 19.5 Å². The second kappa shape index (κ2) is 8.06. The standard InChI is InChI=1S/C21H22F3N5O/c1-14-11-18(21(22,23)24)29-19(25-14)12-17(27-29)20(30)26-16-7-5-15(6-8-16)13-28-9-3-2-4-10-28/h5-8,11-12H,2-4,9-10,13H2,1H3,(H,26,30). The van der Waals surface area contributed by atoms with E-state index < -0.39 is 17.8 Å². The summed E-state index contributed by atoms with van der Waals surface area (Å²) in [4.78, 5) is 19.0. The highest BCUT2D eigenvalue weighted by Crippen LogP contribution is 2.30. The number of benzene rings is 1. The molecule has 0 saturated carbocycles. The molecule has 1 N–H and O–H groups in total. The highest BCUT2D eigenvalue weighted by Gasteiger charge is 2.35. The molecular formula is C21H22F3N5O. The smallest absolute Gasteiger partial charge is 0.321 e. The van der Waals surface area contributed by atoms with E-state index in [1.807, 2.05) is 12.1 Å². The molecule has 1 aliphatic heterocycles. The van der Waals surface area contributed by atoms with E-state index in [4.69, 9.17) is 0 Å². The van der Waals surface area contributed by atoms with Crippen LogP contribution in [0.25, 0.3) is 5.65 Å². The number of fused-ring (bicyclic) bond motifs is 1. The number of aromatic nitrogens is 3. The molecule has 1 fully saturated rings. The zero-order chi connectivity index (χ0) is 21.3. The van der Waals surface area contributed by atoms with Gasteiger partial charge in [-0.1, -0.05) is 18.6 Å². The van der Waals surface area contributed by atoms with Crippen LogP contribution in [0.5, 0.6) is 0 Å². The number of piperidine rings is 1. The number of rotatable bonds is 4. The lowest BCUT2D eigenvalue weighted by molar-refractivity contribution is -0.142. The lowest BCUT2D eigenvalue weighted by Crippen LogP contribution is -2.29. The lowest BCUT2D eigenvalue weighted by atomic mass is 10.1. The predicted molar refractivity (Wildman–Crippen MR) is 106 cm³/mol. The fourth-order valence-corrected chi connectivity index (χ4v) is 3.68. The van der Waals surface area contributed by atoms with Gasteiger partial charge in [-0.3, -0.25) is 9.69 Å². The Kier molecular flexibility index (Phi) is 5.46. The normalized spacial score (nSPS) is 15.5. The third kappa shape index (κ3) is 4.46. The Morgan fingerprint density at radius 2 is 1.80 bits per heavy atom. The average molecular weight is 417 g/mol. The van der Waals surface area contributed by atoms with Crippen molar-refractivity contribution in [2.75, 3.05) is 18.4 Å². The van der Waals surface area contributed by atoms with Crippen LogP contribution in [0, 0.1) is 6.92 Å². The number of carbonyl (C=O) groups is 1. The number of carbonyl (C=O) groups excluding carboxylic acids is 1. The predicted octanol–water partition coefficient (Wildman–Crippen LogP) is 4.29. The zero-order valence-corrected chi connectivity index (χ0v) is 16.5. The van der Waals surface area contributed by atoms with E-state index >= 15 is 0 Å². The number of aryl methyl sites for hydroxylation is 1. The van der Waals surface area contributed by atoms with Gasteiger partial charge in [-0.2, -0.15) is 18.3 Å². The maximum atomic E-state index is 13.3. The van der Waals surface area contributed by atoms with Crippen LogP contribution in [0.1, 0.15) is 46.7 Å². The Labute approximate surface area is 171 Å². The van der Waals surface area contributed by atoms with Gasteiger partial charge in [-0.15, -0.1) is 0 Å². The Bertz CT molecular complexity index is 1050. The van der Waals surface area contributed by atoms with Crippen molar-refractivity contribution < 1.29 is 18.0 Å². The van der Waals surface area contributed by atoms with Crippen molar-refractivity contribution in [1.29, 1.82) is 0 Å². The van der Waals surface area contributed by atoms with Crippen LogP contribution in [-0.2, 0) is 12.7 Å². The molecule has 1 aliphatic rings. The second-order valence-electron chi connectivity index (χ2n) is 7.57. The third-order valence-corrected chi connectivity index (χ3v) is 5.14. The van der Waals surface area contributed by atoms with Gasteiger partial charge in [0.05, 0.1) is 0 Å². The number of likely N-dealkylation sites (tertiary alicyclic amines) is 1. The summed E-state index contributed by atoms with van der Waals surface area (Å²) in [7, 11) is 0. The summed E-state index contributed by atoms with van der Waals surface area (Å²) in [6, 6.07) is 9.62. The molecule has 1 saturated heterocycles. The Balaban J connectivity index is 1.49. The molecule has 6 nitrogen and oxygen atoms in total. The minimum absolute atomic E-state index is 0.0237. The van der Waals surface area contributed by atoms with Crippen molar-refractivity contribution in [3.63, 3.8) is 0 Å². The summed E-state index contributed by atoms with van der Waals surface area (Å²) >= 11 is 0. The van der Waals surface area contributed by atoms with Crippen molar-refractivity contribution in [2.45, 2.75) is 38.9 Å². The number of anilines is 1. The van der Waals surface area contributed by atoms with Gasteiger partial charge in [0.2, 0.25) is 0 Å². The molecule has 2 aromatic heterocycles. The van der Waals surface area contributed by atoms with Crippen LogP contribution >= 0.6 is 0 Å². The largest absolute Gasteiger partial charge is 0.433 e. The topological polar surface area (TPSA) is 62.5 Å². The van der Waals surface area contributed by atoms with Gasteiger partial charge in [0.1, 0.15) is 5.69 Å². The van der Waals surface area contributed by atoms with Gasteiger partial charge in [0.15, 0.2) is 11.3 Å². The van der Waals surface area contributed by atoms with E-state index in [0.29, 0.717) is 10.2 Å². The Hall–Kier alpha value is -2.94. The summed E-state index contributed by atoms with van der Waals surface area (Å²) in [6.07, 6.45) is -0.880. The summed E-state index contributed by atoms with van der Waals surface area (Å²) < 4.78 is 40.5. The van der Waals surface area contributed by atoms with Gasteiger partial charge in [-0.05, 0) is 56.6 Å². The van der Waals surface area contributed by atoms with Crippen molar-refractivity contribution in [2.24, 2.45) is 0 Å². The number of alkyl halides is 3. The Morgan fingerprint density at radius 3 is 2.47 bits per heavy atom. The number of nitrogens with zero attached hydrogens (tertiary/aromatic N) is 4. The van der Waals surface area contributed by atoms with Gasteiger partial charge >= 0.3 is 6.18 Å². The monoisotopic (exact) mass is 417 g/mol. The van der Waals surface area contributed by atoms with Gasteiger partial charge in [0, 0.05) is 24.0 Å². The first kappa shape index (κ1) is 20.3. The molecule has 3 heterocycles. The number of hydrogen-bond acceptors (Lipinski definition) is 4. The molecule has 0 radical (unpaired) electrons. The van der Waals surface area contributed by atoms with Crippen molar-refractivity contribution in [3.05, 3.63) is 59.0 Å². The van der Waals surface area contributed by atoms with Crippen LogP contribution in [-0.4, -0.2) is 38.5 Å². The first-order valence-electron chi connectivity index (χ1n) is 9.87. The van der Waals surface area contributed by atoms with Gasteiger partial charge < -0.3 is 5.32 Å². The van der Waals surface area contributed by atoms with E-state index in [2.05, 4.69) is 20.3 Å². The van der Waals surface area contributed by atoms with Crippen molar-refractivity contribution in [3.8, 4) is 0 Å². The number of hydrogen-bond donors (Lipinski definition) is 1. The maximum Gasteiger partial charge on any atom is 0.433 e. The number of amides is 1. The van der Waals surface area contributed by atoms with E-state index in [1.165, 1.54) is 32.3 Å². The molecule has 0 atom stereocenters. The van der Waals surface area contributed by atoms with E-state index in [0.717, 1.165) is 31.3 Å². The molecule has 1 aromatic carbocycles. The third-order valence-electron chi connectivity index (χ3n) is 5.14. The SMILES string of the molecule is Cc1cc(C(F)(F)F)n2nc(C(=O)Nc3ccc(CN4CCCCC4)cc3)cc2n1. The molecule has 0 unspecified atom stereocenters. The molecule has 158 valence electrons. The van der Waals surface area contributed by atoms with E-state index in [1.54, 1.807) is 12.1 Å². The quantitative estimate of drug-likeness (QED) is 0.688. The van der Waals surface area contributed by atoms with Gasteiger partial charge in [-0.25, -0.2) is 9.50 Å². The van der Waals surface area contributed by atoms with Crippen LogP contribution in [0.4, 0.5) is 18.9 Å². The molecule has 30 heavy (non-hydrogen) atoms. The first-order chi connectivity index (χ1) is 14.3.